The molecule has 1 aromatic carbocycles. The van der Waals surface area contributed by atoms with Gasteiger partial charge in [-0.2, -0.15) is 0 Å². The number of para-hydroxylation sites is 1. The van der Waals surface area contributed by atoms with E-state index in [-0.39, 0.29) is 0 Å². The van der Waals surface area contributed by atoms with Crippen molar-refractivity contribution in [2.24, 2.45) is 5.92 Å². The number of hydrogen-bond acceptors (Lipinski definition) is 2. The molecular formula is C14H24N2. The van der Waals surface area contributed by atoms with Crippen LogP contribution >= 0.6 is 0 Å². The highest BCUT2D eigenvalue weighted by atomic mass is 15.0. The predicted molar refractivity (Wildman–Crippen MR) is 71.8 cm³/mol. The van der Waals surface area contributed by atoms with Crippen LogP contribution in [0.4, 0.5) is 5.69 Å². The van der Waals surface area contributed by atoms with Crippen molar-refractivity contribution in [3.05, 3.63) is 30.3 Å². The van der Waals surface area contributed by atoms with E-state index in [0.717, 1.165) is 6.54 Å². The van der Waals surface area contributed by atoms with Gasteiger partial charge < -0.3 is 10.6 Å². The summed E-state index contributed by atoms with van der Waals surface area (Å²) in [4.78, 5) is 0. The molecule has 0 aliphatic rings. The molecule has 0 aromatic heterocycles. The molecule has 90 valence electrons. The van der Waals surface area contributed by atoms with E-state index in [1.165, 1.54) is 5.69 Å². The van der Waals surface area contributed by atoms with Gasteiger partial charge in [0.05, 0.1) is 0 Å². The predicted octanol–water partition coefficient (Wildman–Crippen LogP) is 3.12. The number of benzene rings is 1. The molecule has 0 fully saturated rings. The summed E-state index contributed by atoms with van der Waals surface area (Å²) in [5, 5.41) is 7.06. The van der Waals surface area contributed by atoms with Crippen LogP contribution in [0.2, 0.25) is 0 Å². The molecule has 0 spiro atoms. The van der Waals surface area contributed by atoms with Gasteiger partial charge in [-0.3, -0.25) is 0 Å². The first kappa shape index (κ1) is 13.0. The average molecular weight is 220 g/mol. The fourth-order valence-electron chi connectivity index (χ4n) is 1.56. The van der Waals surface area contributed by atoms with E-state index in [0.29, 0.717) is 18.0 Å². The minimum absolute atomic E-state index is 0.477. The molecule has 0 saturated carbocycles. The molecule has 0 aliphatic carbocycles. The summed E-state index contributed by atoms with van der Waals surface area (Å²) in [6.07, 6.45) is 0. The van der Waals surface area contributed by atoms with Crippen LogP contribution in [0.1, 0.15) is 27.7 Å². The normalized spacial score (nSPS) is 13.1. The molecular weight excluding hydrogens is 196 g/mol. The van der Waals surface area contributed by atoms with Crippen LogP contribution < -0.4 is 10.6 Å². The number of hydrogen-bond donors (Lipinski definition) is 2. The van der Waals surface area contributed by atoms with Crippen molar-refractivity contribution < 1.29 is 0 Å². The third kappa shape index (κ3) is 4.67. The van der Waals surface area contributed by atoms with Crippen LogP contribution in [-0.2, 0) is 0 Å². The molecule has 1 atom stereocenters. The lowest BCUT2D eigenvalue weighted by atomic mass is 10.0. The molecule has 2 heteroatoms. The zero-order valence-electron chi connectivity index (χ0n) is 10.8. The Morgan fingerprint density at radius 1 is 1.00 bits per heavy atom. The van der Waals surface area contributed by atoms with E-state index >= 15 is 0 Å². The molecule has 0 amide bonds. The Hall–Kier alpha value is -1.02. The SMILES string of the molecule is CC(C)NCC(Nc1ccccc1)C(C)C. The van der Waals surface area contributed by atoms with Crippen molar-refractivity contribution in [2.75, 3.05) is 11.9 Å². The molecule has 0 bridgehead atoms. The minimum atomic E-state index is 0.477. The van der Waals surface area contributed by atoms with Crippen LogP contribution in [0, 0.1) is 5.92 Å². The Kier molecular flexibility index (Phi) is 5.33. The van der Waals surface area contributed by atoms with E-state index in [4.69, 9.17) is 0 Å². The summed E-state index contributed by atoms with van der Waals surface area (Å²) in [6, 6.07) is 11.4. The van der Waals surface area contributed by atoms with Crippen LogP contribution in [0.15, 0.2) is 30.3 Å². The molecule has 16 heavy (non-hydrogen) atoms. The highest BCUT2D eigenvalue weighted by Crippen LogP contribution is 2.11. The molecule has 0 aliphatic heterocycles. The summed E-state index contributed by atoms with van der Waals surface area (Å²) >= 11 is 0. The van der Waals surface area contributed by atoms with Crippen molar-refractivity contribution >= 4 is 5.69 Å². The maximum absolute atomic E-state index is 3.57. The molecule has 0 heterocycles. The van der Waals surface area contributed by atoms with Gasteiger partial charge in [-0.25, -0.2) is 0 Å². The van der Waals surface area contributed by atoms with Crippen molar-refractivity contribution in [2.45, 2.75) is 39.8 Å². The fourth-order valence-corrected chi connectivity index (χ4v) is 1.56. The van der Waals surface area contributed by atoms with Crippen LogP contribution in [0.3, 0.4) is 0 Å². The lowest BCUT2D eigenvalue weighted by Crippen LogP contribution is -2.39. The summed E-state index contributed by atoms with van der Waals surface area (Å²) in [6.45, 7) is 9.87. The zero-order valence-corrected chi connectivity index (χ0v) is 10.8. The largest absolute Gasteiger partial charge is 0.381 e. The van der Waals surface area contributed by atoms with Crippen molar-refractivity contribution in [3.8, 4) is 0 Å². The topological polar surface area (TPSA) is 24.1 Å². The third-order valence-corrected chi connectivity index (χ3v) is 2.68. The Morgan fingerprint density at radius 3 is 2.12 bits per heavy atom. The smallest absolute Gasteiger partial charge is 0.0408 e. The first-order chi connectivity index (χ1) is 7.59. The monoisotopic (exact) mass is 220 g/mol. The minimum Gasteiger partial charge on any atom is -0.381 e. The van der Waals surface area contributed by atoms with Gasteiger partial charge in [0.25, 0.3) is 0 Å². The highest BCUT2D eigenvalue weighted by molar-refractivity contribution is 5.43. The quantitative estimate of drug-likeness (QED) is 0.769. The Balaban J connectivity index is 2.51. The van der Waals surface area contributed by atoms with Gasteiger partial charge in [0.15, 0.2) is 0 Å². The molecule has 2 nitrogen and oxygen atoms in total. The summed E-state index contributed by atoms with van der Waals surface area (Å²) in [7, 11) is 0. The second-order valence-electron chi connectivity index (χ2n) is 4.92. The Labute approximate surface area is 99.5 Å². The molecule has 1 unspecified atom stereocenters. The maximum atomic E-state index is 3.57. The average Bonchev–Trinajstić information content (AvgIpc) is 2.25. The summed E-state index contributed by atoms with van der Waals surface area (Å²) < 4.78 is 0. The molecule has 1 rings (SSSR count). The molecule has 2 N–H and O–H groups in total. The van der Waals surface area contributed by atoms with Crippen molar-refractivity contribution in [3.63, 3.8) is 0 Å². The van der Waals surface area contributed by atoms with E-state index in [1.54, 1.807) is 0 Å². The van der Waals surface area contributed by atoms with Crippen LogP contribution in [0.25, 0.3) is 0 Å². The van der Waals surface area contributed by atoms with Gasteiger partial charge >= 0.3 is 0 Å². The van der Waals surface area contributed by atoms with Crippen LogP contribution in [-0.4, -0.2) is 18.6 Å². The zero-order chi connectivity index (χ0) is 12.0. The second-order valence-corrected chi connectivity index (χ2v) is 4.92. The highest BCUT2D eigenvalue weighted by Gasteiger charge is 2.12. The van der Waals surface area contributed by atoms with E-state index in [2.05, 4.69) is 62.6 Å². The van der Waals surface area contributed by atoms with Crippen LogP contribution in [0.5, 0.6) is 0 Å². The number of rotatable bonds is 6. The van der Waals surface area contributed by atoms with Gasteiger partial charge in [-0.05, 0) is 18.1 Å². The molecule has 0 saturated heterocycles. The third-order valence-electron chi connectivity index (χ3n) is 2.68. The molecule has 0 radical (unpaired) electrons. The van der Waals surface area contributed by atoms with Gasteiger partial charge in [-0.1, -0.05) is 45.9 Å². The summed E-state index contributed by atoms with van der Waals surface area (Å²) in [5.74, 6) is 0.617. The fraction of sp³-hybridized carbons (Fsp3) is 0.571. The van der Waals surface area contributed by atoms with Gasteiger partial charge in [-0.15, -0.1) is 0 Å². The first-order valence-electron chi connectivity index (χ1n) is 6.14. The number of anilines is 1. The Bertz CT molecular complexity index is 280. The van der Waals surface area contributed by atoms with E-state index < -0.39 is 0 Å². The molecule has 1 aromatic rings. The van der Waals surface area contributed by atoms with Crippen molar-refractivity contribution in [1.29, 1.82) is 0 Å². The van der Waals surface area contributed by atoms with Crippen molar-refractivity contribution in [1.82, 2.24) is 5.32 Å². The Morgan fingerprint density at radius 2 is 1.62 bits per heavy atom. The first-order valence-corrected chi connectivity index (χ1v) is 6.14. The second kappa shape index (κ2) is 6.54. The summed E-state index contributed by atoms with van der Waals surface area (Å²) in [5.41, 5.74) is 1.20. The lowest BCUT2D eigenvalue weighted by Gasteiger charge is -2.25. The van der Waals surface area contributed by atoms with Gasteiger partial charge in [0.1, 0.15) is 0 Å². The van der Waals surface area contributed by atoms with Gasteiger partial charge in [0, 0.05) is 24.3 Å². The number of nitrogens with one attached hydrogen (secondary N) is 2. The van der Waals surface area contributed by atoms with E-state index in [9.17, 15) is 0 Å². The van der Waals surface area contributed by atoms with E-state index in [1.807, 2.05) is 6.07 Å². The van der Waals surface area contributed by atoms with Gasteiger partial charge in [0.2, 0.25) is 0 Å². The maximum Gasteiger partial charge on any atom is 0.0408 e. The lowest BCUT2D eigenvalue weighted by molar-refractivity contribution is 0.461. The standard InChI is InChI=1S/C14H24N2/c1-11(2)14(10-15-12(3)4)16-13-8-6-5-7-9-13/h5-9,11-12,14-16H,10H2,1-4H3.